The average Bonchev–Trinajstić information content (AvgIpc) is 3.50. The second-order valence-electron chi connectivity index (χ2n) is 9.44. The Morgan fingerprint density at radius 2 is 1.84 bits per heavy atom. The molecule has 2 aromatic carbocycles. The number of benzene rings is 2. The summed E-state index contributed by atoms with van der Waals surface area (Å²) in [6.45, 7) is 5.65. The predicted octanol–water partition coefficient (Wildman–Crippen LogP) is 3.38. The molecule has 38 heavy (non-hydrogen) atoms. The van der Waals surface area contributed by atoms with E-state index in [-0.39, 0.29) is 29.6 Å². The van der Waals surface area contributed by atoms with Crippen molar-refractivity contribution in [3.8, 4) is 11.5 Å². The number of amides is 3. The maximum Gasteiger partial charge on any atom is 0.270 e. The molecule has 10 nitrogen and oxygen atoms in total. The second kappa shape index (κ2) is 10.7. The lowest BCUT2D eigenvalue weighted by molar-refractivity contribution is -0.127. The summed E-state index contributed by atoms with van der Waals surface area (Å²) in [7, 11) is 0. The molecule has 1 atom stereocenters. The molecular weight excluding hydrogens is 513 g/mol. The first-order chi connectivity index (χ1) is 18.0. The molecule has 12 heteroatoms. The Kier molecular flexibility index (Phi) is 7.53. The fourth-order valence-electron chi connectivity index (χ4n) is 3.88. The molecule has 0 spiro atoms. The van der Waals surface area contributed by atoms with E-state index in [0.717, 1.165) is 0 Å². The van der Waals surface area contributed by atoms with Gasteiger partial charge < -0.3 is 31.2 Å². The van der Waals surface area contributed by atoms with Crippen molar-refractivity contribution in [2.24, 2.45) is 5.73 Å². The number of aromatic nitrogens is 1. The molecule has 5 N–H and O–H groups in total. The Bertz CT molecular complexity index is 1370. The summed E-state index contributed by atoms with van der Waals surface area (Å²) < 4.78 is 28.6. The van der Waals surface area contributed by atoms with E-state index in [0.29, 0.717) is 40.6 Å². The molecule has 0 unspecified atom stereocenters. The van der Waals surface area contributed by atoms with E-state index in [1.165, 1.54) is 29.2 Å². The molecule has 2 heterocycles. The lowest BCUT2D eigenvalue weighted by Gasteiger charge is -2.34. The number of nitrogens with zero attached hydrogens (tertiary/aromatic N) is 2. The van der Waals surface area contributed by atoms with Gasteiger partial charge in [0, 0.05) is 12.1 Å². The number of carbonyl (C=O) groups excluding carboxylic acids is 3. The fraction of sp³-hybridized carbons (Fsp3) is 0.308. The maximum absolute atomic E-state index is 14.0. The standard InChI is InChI=1S/C26H28FN5O5S/c1-4-26(2,3)30-24(34)21(15-6-8-16(27)9-7-15)32(12-14-5-10-17-18(11-14)37-13-36-17)25(35)22-19(28)20(23(29)33)31-38-22/h5-11,21H,4,12-13,28H2,1-3H3,(H2,29,33)(H,30,34)/t21-/m1/s1. The average molecular weight is 542 g/mol. The van der Waals surface area contributed by atoms with Crippen molar-refractivity contribution in [3.05, 3.63) is 70.0 Å². The van der Waals surface area contributed by atoms with E-state index >= 15 is 0 Å². The van der Waals surface area contributed by atoms with Crippen LogP contribution in [0.5, 0.6) is 11.5 Å². The lowest BCUT2D eigenvalue weighted by atomic mass is 9.98. The highest BCUT2D eigenvalue weighted by atomic mass is 32.1. The summed E-state index contributed by atoms with van der Waals surface area (Å²) in [6.07, 6.45) is 0.620. The summed E-state index contributed by atoms with van der Waals surface area (Å²) >= 11 is 0.713. The first-order valence-corrected chi connectivity index (χ1v) is 12.6. The molecule has 0 aliphatic carbocycles. The number of ether oxygens (including phenoxy) is 2. The highest BCUT2D eigenvalue weighted by Crippen LogP contribution is 2.35. The number of anilines is 1. The Morgan fingerprint density at radius 1 is 1.16 bits per heavy atom. The number of primary amides is 1. The van der Waals surface area contributed by atoms with E-state index in [2.05, 4.69) is 9.69 Å². The highest BCUT2D eigenvalue weighted by Gasteiger charge is 2.36. The van der Waals surface area contributed by atoms with E-state index in [4.69, 9.17) is 20.9 Å². The second-order valence-corrected chi connectivity index (χ2v) is 10.2. The smallest absolute Gasteiger partial charge is 0.270 e. The van der Waals surface area contributed by atoms with Crippen molar-refractivity contribution in [2.45, 2.75) is 45.3 Å². The quantitative estimate of drug-likeness (QED) is 0.376. The van der Waals surface area contributed by atoms with E-state index in [9.17, 15) is 18.8 Å². The zero-order valence-corrected chi connectivity index (χ0v) is 21.9. The van der Waals surface area contributed by atoms with Gasteiger partial charge in [-0.3, -0.25) is 14.4 Å². The number of nitrogens with one attached hydrogen (secondary N) is 1. The predicted molar refractivity (Wildman–Crippen MR) is 139 cm³/mol. The van der Waals surface area contributed by atoms with Gasteiger partial charge in [-0.05, 0) is 67.2 Å². The van der Waals surface area contributed by atoms with Crippen LogP contribution in [0.15, 0.2) is 42.5 Å². The number of hydrogen-bond acceptors (Lipinski definition) is 8. The van der Waals surface area contributed by atoms with Gasteiger partial charge >= 0.3 is 0 Å². The number of rotatable bonds is 9. The third-order valence-corrected chi connectivity index (χ3v) is 7.15. The zero-order chi connectivity index (χ0) is 27.6. The van der Waals surface area contributed by atoms with Crippen LogP contribution < -0.4 is 26.3 Å². The molecule has 4 rings (SSSR count). The maximum atomic E-state index is 14.0. The third kappa shape index (κ3) is 5.54. The summed E-state index contributed by atoms with van der Waals surface area (Å²) in [5.74, 6) is -1.44. The van der Waals surface area contributed by atoms with Crippen LogP contribution in [0, 0.1) is 5.82 Å². The van der Waals surface area contributed by atoms with Crippen LogP contribution in [0.2, 0.25) is 0 Å². The van der Waals surface area contributed by atoms with Crippen LogP contribution >= 0.6 is 11.5 Å². The Labute approximate surface area is 222 Å². The van der Waals surface area contributed by atoms with Gasteiger partial charge in [-0.2, -0.15) is 4.37 Å². The van der Waals surface area contributed by atoms with Gasteiger partial charge in [0.05, 0.1) is 5.69 Å². The summed E-state index contributed by atoms with van der Waals surface area (Å²) in [4.78, 5) is 40.8. The van der Waals surface area contributed by atoms with Crippen molar-refractivity contribution < 1.29 is 28.2 Å². The van der Waals surface area contributed by atoms with Crippen LogP contribution in [0.25, 0.3) is 0 Å². The summed E-state index contributed by atoms with van der Waals surface area (Å²) in [5.41, 5.74) is 11.5. The molecule has 0 bridgehead atoms. The number of hydrogen-bond donors (Lipinski definition) is 3. The Morgan fingerprint density at radius 3 is 2.47 bits per heavy atom. The Balaban J connectivity index is 1.83. The monoisotopic (exact) mass is 541 g/mol. The molecule has 0 fully saturated rings. The normalized spacial score (nSPS) is 13.2. The topological polar surface area (TPSA) is 150 Å². The highest BCUT2D eigenvalue weighted by molar-refractivity contribution is 7.09. The largest absolute Gasteiger partial charge is 0.454 e. The number of nitrogens with two attached hydrogens (primary N) is 2. The molecule has 0 radical (unpaired) electrons. The van der Waals surface area contributed by atoms with Crippen LogP contribution in [-0.4, -0.2) is 39.3 Å². The zero-order valence-electron chi connectivity index (χ0n) is 21.1. The minimum absolute atomic E-state index is 0.0470. The molecular formula is C26H28FN5O5S. The van der Waals surface area contributed by atoms with E-state index in [1.807, 2.05) is 20.8 Å². The molecule has 0 saturated carbocycles. The van der Waals surface area contributed by atoms with Gasteiger partial charge in [0.2, 0.25) is 12.7 Å². The fourth-order valence-corrected chi connectivity index (χ4v) is 4.65. The van der Waals surface area contributed by atoms with E-state index < -0.39 is 35.1 Å². The molecule has 1 aromatic heterocycles. The van der Waals surface area contributed by atoms with Gasteiger partial charge in [0.1, 0.15) is 16.7 Å². The van der Waals surface area contributed by atoms with Gasteiger partial charge in [0.25, 0.3) is 11.8 Å². The third-order valence-electron chi connectivity index (χ3n) is 6.30. The van der Waals surface area contributed by atoms with E-state index in [1.54, 1.807) is 18.2 Å². The molecule has 1 aliphatic heterocycles. The van der Waals surface area contributed by atoms with Crippen molar-refractivity contribution >= 4 is 34.9 Å². The van der Waals surface area contributed by atoms with Crippen LogP contribution in [-0.2, 0) is 11.3 Å². The molecule has 0 saturated heterocycles. The number of carbonyl (C=O) groups is 3. The lowest BCUT2D eigenvalue weighted by Crippen LogP contribution is -2.50. The van der Waals surface area contributed by atoms with Crippen LogP contribution in [0.1, 0.15) is 64.5 Å². The van der Waals surface area contributed by atoms with Gasteiger partial charge in [-0.15, -0.1) is 0 Å². The van der Waals surface area contributed by atoms with Gasteiger partial charge in [-0.25, -0.2) is 4.39 Å². The van der Waals surface area contributed by atoms with Crippen LogP contribution in [0.3, 0.4) is 0 Å². The van der Waals surface area contributed by atoms with Crippen molar-refractivity contribution in [3.63, 3.8) is 0 Å². The van der Waals surface area contributed by atoms with Crippen molar-refractivity contribution in [1.29, 1.82) is 0 Å². The van der Waals surface area contributed by atoms with Gasteiger partial charge in [0.15, 0.2) is 17.2 Å². The Hall–Kier alpha value is -4.19. The first kappa shape index (κ1) is 26.9. The summed E-state index contributed by atoms with van der Waals surface area (Å²) in [5, 5.41) is 2.98. The number of nitrogen functional groups attached to an aromatic ring is 1. The van der Waals surface area contributed by atoms with Crippen molar-refractivity contribution in [2.75, 3.05) is 12.5 Å². The van der Waals surface area contributed by atoms with Crippen LogP contribution in [0.4, 0.5) is 10.1 Å². The number of fused-ring (bicyclic) bond motifs is 1. The number of halogens is 1. The van der Waals surface area contributed by atoms with Crippen molar-refractivity contribution in [1.82, 2.24) is 14.6 Å². The molecule has 1 aliphatic rings. The molecule has 3 aromatic rings. The van der Waals surface area contributed by atoms with Gasteiger partial charge in [-0.1, -0.05) is 25.1 Å². The molecule has 200 valence electrons. The SMILES string of the molecule is CCC(C)(C)NC(=O)[C@@H](c1ccc(F)cc1)N(Cc1ccc2c(c1)OCO2)C(=O)c1snc(C(N)=O)c1N. The minimum atomic E-state index is -1.18. The summed E-state index contributed by atoms with van der Waals surface area (Å²) in [6, 6.07) is 9.31. The minimum Gasteiger partial charge on any atom is -0.454 e. The molecule has 3 amide bonds. The first-order valence-electron chi connectivity index (χ1n) is 11.8.